The van der Waals surface area contributed by atoms with E-state index in [1.807, 2.05) is 0 Å². The highest BCUT2D eigenvalue weighted by Crippen LogP contribution is 2.28. The Morgan fingerprint density at radius 2 is 2.12 bits per heavy atom. The average Bonchev–Trinajstić information content (AvgIpc) is 2.76. The van der Waals surface area contributed by atoms with E-state index in [1.165, 1.54) is 12.8 Å². The normalized spacial score (nSPS) is 33.3. The maximum atomic E-state index is 12.3. The van der Waals surface area contributed by atoms with Crippen molar-refractivity contribution in [2.75, 3.05) is 13.1 Å². The summed E-state index contributed by atoms with van der Waals surface area (Å²) in [6, 6.07) is 0.257. The minimum absolute atomic E-state index is 0. The molecular weight excluding hydrogens is 236 g/mol. The minimum atomic E-state index is 0. The Morgan fingerprint density at radius 1 is 1.35 bits per heavy atom. The number of amides is 1. The molecule has 0 aromatic rings. The van der Waals surface area contributed by atoms with Crippen LogP contribution in [0.1, 0.15) is 45.4 Å². The topological polar surface area (TPSA) is 46.3 Å². The molecule has 3 nitrogen and oxygen atoms in total. The van der Waals surface area contributed by atoms with Crippen LogP contribution >= 0.6 is 12.4 Å². The number of hydrogen-bond acceptors (Lipinski definition) is 2. The number of nitrogens with zero attached hydrogens (tertiary/aromatic N) is 1. The first-order valence-electron chi connectivity index (χ1n) is 6.75. The van der Waals surface area contributed by atoms with Crippen LogP contribution in [0, 0.1) is 11.8 Å². The van der Waals surface area contributed by atoms with Crippen molar-refractivity contribution in [3.63, 3.8) is 0 Å². The van der Waals surface area contributed by atoms with E-state index in [0.717, 1.165) is 44.7 Å². The van der Waals surface area contributed by atoms with Gasteiger partial charge >= 0.3 is 0 Å². The first kappa shape index (κ1) is 14.8. The van der Waals surface area contributed by atoms with E-state index < -0.39 is 0 Å². The van der Waals surface area contributed by atoms with Gasteiger partial charge in [-0.3, -0.25) is 4.79 Å². The standard InChI is InChI=1S/C13H24N2O.ClH/c1-2-10-6-7-15(9-10)13(16)11-4-3-5-12(14)8-11;/h10-12H,2-9,14H2,1H3;1H. The summed E-state index contributed by atoms with van der Waals surface area (Å²) in [7, 11) is 0. The molecule has 0 aromatic carbocycles. The molecule has 17 heavy (non-hydrogen) atoms. The van der Waals surface area contributed by atoms with E-state index in [0.29, 0.717) is 5.91 Å². The van der Waals surface area contributed by atoms with Gasteiger partial charge < -0.3 is 10.6 Å². The van der Waals surface area contributed by atoms with Gasteiger partial charge in [-0.2, -0.15) is 0 Å². The molecule has 3 unspecified atom stereocenters. The Kier molecular flexibility index (Phi) is 5.74. The number of likely N-dealkylation sites (tertiary alicyclic amines) is 1. The highest BCUT2D eigenvalue weighted by molar-refractivity contribution is 5.85. The summed E-state index contributed by atoms with van der Waals surface area (Å²) in [6.07, 6.45) is 6.59. The van der Waals surface area contributed by atoms with Crippen molar-refractivity contribution < 1.29 is 4.79 Å². The molecule has 1 amide bonds. The smallest absolute Gasteiger partial charge is 0.225 e. The number of nitrogens with two attached hydrogens (primary N) is 1. The van der Waals surface area contributed by atoms with Gasteiger partial charge in [-0.25, -0.2) is 0 Å². The molecule has 3 atom stereocenters. The zero-order valence-electron chi connectivity index (χ0n) is 10.7. The predicted octanol–water partition coefficient (Wildman–Crippen LogP) is 2.18. The SMILES string of the molecule is CCC1CCN(C(=O)C2CCCC(N)C2)C1.Cl. The number of carbonyl (C=O) groups excluding carboxylic acids is 1. The highest BCUT2D eigenvalue weighted by atomic mass is 35.5. The van der Waals surface area contributed by atoms with E-state index >= 15 is 0 Å². The lowest BCUT2D eigenvalue weighted by Crippen LogP contribution is -2.39. The van der Waals surface area contributed by atoms with Crippen molar-refractivity contribution in [2.24, 2.45) is 17.6 Å². The van der Waals surface area contributed by atoms with Gasteiger partial charge in [-0.1, -0.05) is 19.8 Å². The molecule has 4 heteroatoms. The number of rotatable bonds is 2. The van der Waals surface area contributed by atoms with Gasteiger partial charge in [-0.15, -0.1) is 12.4 Å². The molecule has 2 N–H and O–H groups in total. The van der Waals surface area contributed by atoms with Crippen LogP contribution in [0.4, 0.5) is 0 Å². The summed E-state index contributed by atoms with van der Waals surface area (Å²) in [5.74, 6) is 1.34. The monoisotopic (exact) mass is 260 g/mol. The molecule has 0 aromatic heterocycles. The summed E-state index contributed by atoms with van der Waals surface area (Å²) < 4.78 is 0. The van der Waals surface area contributed by atoms with E-state index in [4.69, 9.17) is 5.73 Å². The third kappa shape index (κ3) is 3.59. The largest absolute Gasteiger partial charge is 0.342 e. The van der Waals surface area contributed by atoms with Crippen molar-refractivity contribution in [2.45, 2.75) is 51.5 Å². The Balaban J connectivity index is 0.00000144. The first-order valence-corrected chi connectivity index (χ1v) is 6.75. The van der Waals surface area contributed by atoms with Crippen molar-refractivity contribution in [1.82, 2.24) is 4.90 Å². The summed E-state index contributed by atoms with van der Waals surface area (Å²) in [4.78, 5) is 14.4. The Hall–Kier alpha value is -0.280. The highest BCUT2D eigenvalue weighted by Gasteiger charge is 2.32. The van der Waals surface area contributed by atoms with Crippen LogP contribution in [0.25, 0.3) is 0 Å². The Morgan fingerprint density at radius 3 is 2.71 bits per heavy atom. The third-order valence-electron chi connectivity index (χ3n) is 4.24. The fraction of sp³-hybridized carbons (Fsp3) is 0.923. The number of carbonyl (C=O) groups is 1. The predicted molar refractivity (Wildman–Crippen MR) is 72.2 cm³/mol. The van der Waals surface area contributed by atoms with E-state index in [2.05, 4.69) is 11.8 Å². The number of halogens is 1. The van der Waals surface area contributed by atoms with Crippen LogP contribution in [-0.2, 0) is 4.79 Å². The second-order valence-electron chi connectivity index (χ2n) is 5.47. The van der Waals surface area contributed by atoms with Crippen LogP contribution in [0.5, 0.6) is 0 Å². The molecule has 1 aliphatic carbocycles. The van der Waals surface area contributed by atoms with E-state index in [-0.39, 0.29) is 24.4 Å². The lowest BCUT2D eigenvalue weighted by Gasteiger charge is -2.29. The summed E-state index contributed by atoms with van der Waals surface area (Å²) >= 11 is 0. The molecule has 0 radical (unpaired) electrons. The van der Waals surface area contributed by atoms with Crippen LogP contribution in [0.15, 0.2) is 0 Å². The third-order valence-corrected chi connectivity index (χ3v) is 4.24. The fourth-order valence-electron chi connectivity index (χ4n) is 3.08. The average molecular weight is 261 g/mol. The summed E-state index contributed by atoms with van der Waals surface area (Å²) in [5, 5.41) is 0. The quantitative estimate of drug-likeness (QED) is 0.827. The molecular formula is C13H25ClN2O. The first-order chi connectivity index (χ1) is 7.70. The van der Waals surface area contributed by atoms with Crippen LogP contribution in [0.2, 0.25) is 0 Å². The maximum absolute atomic E-state index is 12.3. The molecule has 1 heterocycles. The molecule has 1 saturated heterocycles. The van der Waals surface area contributed by atoms with Crippen molar-refractivity contribution in [3.8, 4) is 0 Å². The molecule has 2 rings (SSSR count). The van der Waals surface area contributed by atoms with Crippen LogP contribution in [0.3, 0.4) is 0 Å². The van der Waals surface area contributed by atoms with Gasteiger partial charge in [0.1, 0.15) is 0 Å². The Labute approximate surface area is 111 Å². The lowest BCUT2D eigenvalue weighted by atomic mass is 9.85. The molecule has 1 aliphatic heterocycles. The molecule has 2 aliphatic rings. The maximum Gasteiger partial charge on any atom is 0.225 e. The fourth-order valence-corrected chi connectivity index (χ4v) is 3.08. The van der Waals surface area contributed by atoms with Crippen LogP contribution in [-0.4, -0.2) is 29.9 Å². The van der Waals surface area contributed by atoms with E-state index in [1.54, 1.807) is 0 Å². The zero-order valence-corrected chi connectivity index (χ0v) is 11.5. The van der Waals surface area contributed by atoms with Gasteiger partial charge in [0.05, 0.1) is 0 Å². The Bertz CT molecular complexity index is 260. The second kappa shape index (κ2) is 6.60. The molecule has 2 fully saturated rings. The van der Waals surface area contributed by atoms with E-state index in [9.17, 15) is 4.79 Å². The number of hydrogen-bond donors (Lipinski definition) is 1. The second-order valence-corrected chi connectivity index (χ2v) is 5.47. The summed E-state index contributed by atoms with van der Waals surface area (Å²) in [6.45, 7) is 4.18. The van der Waals surface area contributed by atoms with Gasteiger partial charge in [0.2, 0.25) is 5.91 Å². The summed E-state index contributed by atoms with van der Waals surface area (Å²) in [5.41, 5.74) is 5.94. The van der Waals surface area contributed by atoms with Crippen molar-refractivity contribution in [3.05, 3.63) is 0 Å². The zero-order chi connectivity index (χ0) is 11.5. The van der Waals surface area contributed by atoms with Crippen molar-refractivity contribution >= 4 is 18.3 Å². The molecule has 0 spiro atoms. The molecule has 100 valence electrons. The minimum Gasteiger partial charge on any atom is -0.342 e. The lowest BCUT2D eigenvalue weighted by molar-refractivity contribution is -0.135. The van der Waals surface area contributed by atoms with Gasteiger partial charge in [0, 0.05) is 25.0 Å². The molecule has 1 saturated carbocycles. The van der Waals surface area contributed by atoms with Crippen molar-refractivity contribution in [1.29, 1.82) is 0 Å². The van der Waals surface area contributed by atoms with Crippen LogP contribution < -0.4 is 5.73 Å². The van der Waals surface area contributed by atoms with Gasteiger partial charge in [-0.05, 0) is 31.6 Å². The molecule has 0 bridgehead atoms. The van der Waals surface area contributed by atoms with Gasteiger partial charge in [0.25, 0.3) is 0 Å². The van der Waals surface area contributed by atoms with Gasteiger partial charge in [0.15, 0.2) is 0 Å².